The summed E-state index contributed by atoms with van der Waals surface area (Å²) in [6.07, 6.45) is 5.75. The first-order valence-electron chi connectivity index (χ1n) is 10.9. The molecule has 2 aromatic carbocycles. The summed E-state index contributed by atoms with van der Waals surface area (Å²) < 4.78 is 2.55. The monoisotopic (exact) mass is 552 g/mol. The molecule has 6 nitrogen and oxygen atoms in total. The van der Waals surface area contributed by atoms with E-state index in [0.29, 0.717) is 5.16 Å². The Morgan fingerprint density at radius 3 is 2.71 bits per heavy atom. The van der Waals surface area contributed by atoms with Gasteiger partial charge in [0.25, 0.3) is 11.5 Å². The molecule has 2 aromatic heterocycles. The third-order valence-corrected chi connectivity index (χ3v) is 8.23. The van der Waals surface area contributed by atoms with Crippen LogP contribution in [-0.2, 0) is 17.6 Å². The zero-order chi connectivity index (χ0) is 23.5. The Kier molecular flexibility index (Phi) is 6.94. The Morgan fingerprint density at radius 2 is 1.91 bits per heavy atom. The average molecular weight is 554 g/mol. The zero-order valence-electron chi connectivity index (χ0n) is 18.2. The topological polar surface area (TPSA) is 76.3 Å². The molecular weight excluding hydrogens is 532 g/mol. The van der Waals surface area contributed by atoms with Gasteiger partial charge in [-0.2, -0.15) is 5.10 Å². The van der Waals surface area contributed by atoms with E-state index in [9.17, 15) is 9.59 Å². The number of aromatic nitrogens is 2. The lowest BCUT2D eigenvalue weighted by molar-refractivity contribution is -0.118. The number of benzene rings is 2. The van der Waals surface area contributed by atoms with Crippen LogP contribution in [0.2, 0.25) is 0 Å². The van der Waals surface area contributed by atoms with E-state index < -0.39 is 0 Å². The Labute approximate surface area is 213 Å². The molecule has 1 N–H and O–H groups in total. The first-order chi connectivity index (χ1) is 16.6. The zero-order valence-corrected chi connectivity index (χ0v) is 21.4. The fourth-order valence-electron chi connectivity index (χ4n) is 3.98. The van der Waals surface area contributed by atoms with Crippen LogP contribution in [0.4, 0.5) is 0 Å². The van der Waals surface area contributed by atoms with Crippen molar-refractivity contribution in [2.24, 2.45) is 5.10 Å². The van der Waals surface area contributed by atoms with Gasteiger partial charge in [-0.1, -0.05) is 58.0 Å². The van der Waals surface area contributed by atoms with Crippen LogP contribution in [0.15, 0.2) is 74.1 Å². The van der Waals surface area contributed by atoms with Gasteiger partial charge in [-0.15, -0.1) is 11.3 Å². The van der Waals surface area contributed by atoms with Crippen molar-refractivity contribution in [2.75, 3.05) is 5.75 Å². The number of carbonyl (C=O) groups is 1. The van der Waals surface area contributed by atoms with Gasteiger partial charge in [0.2, 0.25) is 0 Å². The van der Waals surface area contributed by atoms with E-state index in [1.807, 2.05) is 54.6 Å². The summed E-state index contributed by atoms with van der Waals surface area (Å²) in [4.78, 5) is 33.0. The lowest BCUT2D eigenvalue weighted by Crippen LogP contribution is -2.24. The average Bonchev–Trinajstić information content (AvgIpc) is 3.23. The van der Waals surface area contributed by atoms with Gasteiger partial charge in [0.15, 0.2) is 5.16 Å². The van der Waals surface area contributed by atoms with Gasteiger partial charge >= 0.3 is 0 Å². The largest absolute Gasteiger partial charge is 0.272 e. The van der Waals surface area contributed by atoms with Crippen molar-refractivity contribution in [3.63, 3.8) is 0 Å². The summed E-state index contributed by atoms with van der Waals surface area (Å²) in [5.41, 5.74) is 5.25. The Morgan fingerprint density at radius 1 is 1.15 bits per heavy atom. The minimum Gasteiger partial charge on any atom is -0.272 e. The predicted octanol–water partition coefficient (Wildman–Crippen LogP) is 5.33. The molecule has 0 unspecified atom stereocenters. The minimum atomic E-state index is -0.264. The number of thioether (sulfide) groups is 1. The van der Waals surface area contributed by atoms with Gasteiger partial charge in [-0.25, -0.2) is 10.4 Å². The second-order valence-corrected chi connectivity index (χ2v) is 10.8. The summed E-state index contributed by atoms with van der Waals surface area (Å²) in [6, 6.07) is 17.1. The van der Waals surface area contributed by atoms with Crippen molar-refractivity contribution in [3.05, 3.63) is 85.4 Å². The number of rotatable bonds is 6. The van der Waals surface area contributed by atoms with Crippen molar-refractivity contribution >= 4 is 61.4 Å². The molecule has 1 aliphatic rings. The van der Waals surface area contributed by atoms with Crippen LogP contribution >= 0.6 is 39.0 Å². The molecule has 0 spiro atoms. The quantitative estimate of drug-likeness (QED) is 0.152. The van der Waals surface area contributed by atoms with Crippen LogP contribution in [0.3, 0.4) is 0 Å². The summed E-state index contributed by atoms with van der Waals surface area (Å²) in [5, 5.41) is 5.25. The van der Waals surface area contributed by atoms with E-state index >= 15 is 0 Å². The number of aryl methyl sites for hydroxylation is 2. The van der Waals surface area contributed by atoms with Crippen LogP contribution < -0.4 is 11.0 Å². The summed E-state index contributed by atoms with van der Waals surface area (Å²) in [6.45, 7) is 0. The van der Waals surface area contributed by atoms with Crippen molar-refractivity contribution < 1.29 is 4.79 Å². The Hall–Kier alpha value is -2.75. The number of hydrogen-bond acceptors (Lipinski definition) is 6. The number of nitrogens with one attached hydrogen (secondary N) is 1. The molecule has 0 atom stereocenters. The molecule has 0 saturated carbocycles. The van der Waals surface area contributed by atoms with Gasteiger partial charge < -0.3 is 0 Å². The number of hydrogen-bond donors (Lipinski definition) is 1. The Balaban J connectivity index is 1.45. The molecule has 4 aromatic rings. The standard InChI is InChI=1S/C25H21BrN4O2S2/c26-17-10-12-18(13-11-17)30-24(32)22-19-8-4-5-9-20(19)34-23(22)28-25(30)33-15-21(31)29-27-14-16-6-2-1-3-7-16/h1-3,6-7,10-14H,4-5,8-9,15H2,(H,29,31). The maximum Gasteiger partial charge on any atom is 0.267 e. The lowest BCUT2D eigenvalue weighted by Gasteiger charge is -2.13. The number of fused-ring (bicyclic) bond motifs is 3. The molecular formula is C25H21BrN4O2S2. The molecule has 0 aliphatic heterocycles. The number of carbonyl (C=O) groups excluding carboxylic acids is 1. The van der Waals surface area contributed by atoms with E-state index in [-0.39, 0.29) is 17.2 Å². The van der Waals surface area contributed by atoms with Gasteiger partial charge in [0, 0.05) is 9.35 Å². The third-order valence-electron chi connectivity index (χ3n) is 5.58. The van der Waals surface area contributed by atoms with Crippen molar-refractivity contribution in [1.82, 2.24) is 15.0 Å². The number of thiophene rings is 1. The second kappa shape index (κ2) is 10.2. The highest BCUT2D eigenvalue weighted by Crippen LogP contribution is 2.35. The lowest BCUT2D eigenvalue weighted by atomic mass is 9.97. The maximum atomic E-state index is 13.7. The maximum absolute atomic E-state index is 13.7. The van der Waals surface area contributed by atoms with Gasteiger partial charge in [-0.05, 0) is 61.1 Å². The van der Waals surface area contributed by atoms with Crippen molar-refractivity contribution in [3.8, 4) is 5.69 Å². The van der Waals surface area contributed by atoms with Crippen LogP contribution in [0.1, 0.15) is 28.8 Å². The molecule has 0 bridgehead atoms. The number of amides is 1. The van der Waals surface area contributed by atoms with E-state index in [2.05, 4.69) is 26.5 Å². The molecule has 1 aliphatic carbocycles. The molecule has 172 valence electrons. The SMILES string of the molecule is O=C(CSc1nc2sc3c(c2c(=O)n1-c1ccc(Br)cc1)CCCC3)NN=Cc1ccccc1. The second-order valence-electron chi connectivity index (χ2n) is 7.89. The van der Waals surface area contributed by atoms with Gasteiger partial charge in [0.1, 0.15) is 4.83 Å². The van der Waals surface area contributed by atoms with E-state index in [1.165, 1.54) is 16.6 Å². The molecule has 5 rings (SSSR count). The molecule has 0 saturated heterocycles. The van der Waals surface area contributed by atoms with Crippen LogP contribution in [0.25, 0.3) is 15.9 Å². The first kappa shape index (κ1) is 23.0. The van der Waals surface area contributed by atoms with E-state index in [1.54, 1.807) is 22.1 Å². The van der Waals surface area contributed by atoms with Crippen molar-refractivity contribution in [2.45, 2.75) is 30.8 Å². The molecule has 0 radical (unpaired) electrons. The van der Waals surface area contributed by atoms with E-state index in [0.717, 1.165) is 57.2 Å². The highest BCUT2D eigenvalue weighted by molar-refractivity contribution is 9.10. The number of hydrazone groups is 1. The molecule has 2 heterocycles. The van der Waals surface area contributed by atoms with Gasteiger partial charge in [-0.3, -0.25) is 14.2 Å². The molecule has 1 amide bonds. The first-order valence-corrected chi connectivity index (χ1v) is 13.5. The smallest absolute Gasteiger partial charge is 0.267 e. The number of nitrogens with zero attached hydrogens (tertiary/aromatic N) is 3. The highest BCUT2D eigenvalue weighted by Gasteiger charge is 2.23. The fraction of sp³-hybridized carbons (Fsp3) is 0.200. The molecule has 34 heavy (non-hydrogen) atoms. The molecule has 0 fully saturated rings. The van der Waals surface area contributed by atoms with E-state index in [4.69, 9.17) is 4.98 Å². The van der Waals surface area contributed by atoms with Crippen molar-refractivity contribution in [1.29, 1.82) is 0 Å². The van der Waals surface area contributed by atoms with Crippen LogP contribution in [0.5, 0.6) is 0 Å². The van der Waals surface area contributed by atoms with Gasteiger partial charge in [0.05, 0.1) is 23.0 Å². The fourth-order valence-corrected chi connectivity index (χ4v) is 6.35. The molecule has 9 heteroatoms. The summed E-state index contributed by atoms with van der Waals surface area (Å²) in [5.74, 6) is -0.176. The normalized spacial score (nSPS) is 13.3. The minimum absolute atomic E-state index is 0.0725. The highest BCUT2D eigenvalue weighted by atomic mass is 79.9. The summed E-state index contributed by atoms with van der Waals surface area (Å²) in [7, 11) is 0. The van der Waals surface area contributed by atoms with Crippen LogP contribution in [0, 0.1) is 0 Å². The number of halogens is 1. The van der Waals surface area contributed by atoms with Crippen LogP contribution in [-0.4, -0.2) is 27.4 Å². The third kappa shape index (κ3) is 4.87. The Bertz CT molecular complexity index is 1430. The predicted molar refractivity (Wildman–Crippen MR) is 142 cm³/mol. The summed E-state index contributed by atoms with van der Waals surface area (Å²) >= 11 is 6.30.